The van der Waals surface area contributed by atoms with Crippen molar-refractivity contribution < 1.29 is 19.6 Å². The Bertz CT molecular complexity index is 575. The van der Waals surface area contributed by atoms with Crippen molar-refractivity contribution in [2.45, 2.75) is 33.1 Å². The van der Waals surface area contributed by atoms with Crippen LogP contribution in [0.4, 0.5) is 10.5 Å². The number of carbonyl (C=O) groups is 2. The monoisotopic (exact) mass is 361 g/mol. The first-order chi connectivity index (χ1) is 12.5. The van der Waals surface area contributed by atoms with Crippen LogP contribution in [0.25, 0.3) is 0 Å². The van der Waals surface area contributed by atoms with Gasteiger partial charge in [-0.15, -0.1) is 0 Å². The molecule has 1 aliphatic rings. The van der Waals surface area contributed by atoms with E-state index in [2.05, 4.69) is 19.2 Å². The molecule has 1 aromatic carbocycles. The van der Waals surface area contributed by atoms with Gasteiger partial charge in [0.25, 0.3) is 0 Å². The summed E-state index contributed by atoms with van der Waals surface area (Å²) in [6, 6.07) is 9.30. The fourth-order valence-electron chi connectivity index (χ4n) is 3.79. The van der Waals surface area contributed by atoms with Gasteiger partial charge in [-0.05, 0) is 50.7 Å². The lowest BCUT2D eigenvalue weighted by molar-refractivity contribution is -0.897. The number of nitrogens with zero attached hydrogens (tertiary/aromatic N) is 1. The van der Waals surface area contributed by atoms with Crippen molar-refractivity contribution >= 4 is 17.7 Å². The molecule has 6 nitrogen and oxygen atoms in total. The minimum absolute atomic E-state index is 0.0897. The highest BCUT2D eigenvalue weighted by Gasteiger charge is 2.32. The van der Waals surface area contributed by atoms with E-state index in [1.165, 1.54) is 4.90 Å². The fraction of sp³-hybridized carbons (Fsp3) is 0.600. The number of carbonyl (C=O) groups excluding carboxylic acids is 2. The minimum Gasteiger partial charge on any atom is -0.550 e. The first-order valence-corrected chi connectivity index (χ1v) is 9.67. The van der Waals surface area contributed by atoms with Crippen LogP contribution in [-0.4, -0.2) is 49.6 Å². The number of carboxylic acids is 1. The molecule has 2 N–H and O–H groups in total. The normalized spacial score (nSPS) is 20.2. The second kappa shape index (κ2) is 10.2. The maximum atomic E-state index is 12.6. The Balaban J connectivity index is 1.98. The van der Waals surface area contributed by atoms with Gasteiger partial charge in [-0.2, -0.15) is 0 Å². The molecule has 0 aromatic heterocycles. The van der Waals surface area contributed by atoms with Gasteiger partial charge in [0.2, 0.25) is 0 Å². The number of hydrogen-bond acceptors (Lipinski definition) is 3. The Hall–Kier alpha value is -2.08. The van der Waals surface area contributed by atoms with Gasteiger partial charge in [0.1, 0.15) is 0 Å². The Morgan fingerprint density at radius 2 is 1.88 bits per heavy atom. The average molecular weight is 361 g/mol. The van der Waals surface area contributed by atoms with Crippen molar-refractivity contribution in [1.82, 2.24) is 4.90 Å². The van der Waals surface area contributed by atoms with Crippen LogP contribution in [0.1, 0.15) is 33.1 Å². The van der Waals surface area contributed by atoms with Gasteiger partial charge < -0.3 is 25.0 Å². The number of nitrogens with one attached hydrogen (secondary N) is 2. The topological polar surface area (TPSA) is 76.9 Å². The molecule has 2 atom stereocenters. The number of piperidine rings is 1. The van der Waals surface area contributed by atoms with E-state index in [1.807, 2.05) is 35.2 Å². The Kier molecular flexibility index (Phi) is 7.91. The zero-order valence-corrected chi connectivity index (χ0v) is 15.9. The van der Waals surface area contributed by atoms with Crippen molar-refractivity contribution in [1.29, 1.82) is 0 Å². The first-order valence-electron chi connectivity index (χ1n) is 9.67. The van der Waals surface area contributed by atoms with Crippen LogP contribution in [0, 0.1) is 11.8 Å². The minimum atomic E-state index is -0.989. The van der Waals surface area contributed by atoms with Gasteiger partial charge in [-0.25, -0.2) is 4.79 Å². The molecule has 2 amide bonds. The van der Waals surface area contributed by atoms with E-state index < -0.39 is 5.97 Å². The Morgan fingerprint density at radius 1 is 1.19 bits per heavy atom. The molecule has 2 rings (SSSR count). The van der Waals surface area contributed by atoms with Crippen molar-refractivity contribution in [2.75, 3.05) is 38.0 Å². The summed E-state index contributed by atoms with van der Waals surface area (Å²) in [6.45, 7) is 8.66. The van der Waals surface area contributed by atoms with E-state index in [9.17, 15) is 14.7 Å². The number of para-hydroxylation sites is 1. The molecule has 0 aliphatic carbocycles. The van der Waals surface area contributed by atoms with Crippen LogP contribution in [0.2, 0.25) is 0 Å². The van der Waals surface area contributed by atoms with Gasteiger partial charge in [-0.1, -0.05) is 18.2 Å². The molecular formula is C20H31N3O3. The van der Waals surface area contributed by atoms with Crippen LogP contribution < -0.4 is 15.3 Å². The van der Waals surface area contributed by atoms with E-state index in [0.717, 1.165) is 31.7 Å². The second-order valence-corrected chi connectivity index (χ2v) is 7.12. The number of quaternary nitrogens is 1. The lowest BCUT2D eigenvalue weighted by Crippen LogP contribution is -3.11. The third-order valence-corrected chi connectivity index (χ3v) is 5.50. The Labute approximate surface area is 156 Å². The van der Waals surface area contributed by atoms with E-state index in [0.29, 0.717) is 19.5 Å². The summed E-state index contributed by atoms with van der Waals surface area (Å²) in [7, 11) is 0. The number of benzene rings is 1. The summed E-state index contributed by atoms with van der Waals surface area (Å²) in [5.41, 5.74) is 0.776. The Morgan fingerprint density at radius 3 is 2.50 bits per heavy atom. The molecular weight excluding hydrogens is 330 g/mol. The van der Waals surface area contributed by atoms with Gasteiger partial charge >= 0.3 is 6.03 Å². The summed E-state index contributed by atoms with van der Waals surface area (Å²) >= 11 is 0. The molecule has 1 saturated heterocycles. The lowest BCUT2D eigenvalue weighted by Gasteiger charge is -2.39. The fourth-order valence-corrected chi connectivity index (χ4v) is 3.79. The molecule has 6 heteroatoms. The maximum absolute atomic E-state index is 12.6. The number of likely N-dealkylation sites (tertiary alicyclic amines) is 1. The largest absolute Gasteiger partial charge is 0.550 e. The van der Waals surface area contributed by atoms with Gasteiger partial charge in [0.05, 0.1) is 19.6 Å². The highest BCUT2D eigenvalue weighted by molar-refractivity contribution is 5.89. The number of amides is 2. The summed E-state index contributed by atoms with van der Waals surface area (Å²) < 4.78 is 0. The smallest absolute Gasteiger partial charge is 0.321 e. The lowest BCUT2D eigenvalue weighted by atomic mass is 9.81. The van der Waals surface area contributed by atoms with Crippen molar-refractivity contribution in [3.05, 3.63) is 30.3 Å². The van der Waals surface area contributed by atoms with Crippen LogP contribution in [0.15, 0.2) is 30.3 Å². The average Bonchev–Trinajstić information content (AvgIpc) is 2.64. The molecule has 1 aliphatic heterocycles. The predicted octanol–water partition coefficient (Wildman–Crippen LogP) is 0.611. The molecule has 1 fully saturated rings. The van der Waals surface area contributed by atoms with Gasteiger partial charge in [0.15, 0.2) is 0 Å². The highest BCUT2D eigenvalue weighted by atomic mass is 16.4. The highest BCUT2D eigenvalue weighted by Crippen LogP contribution is 2.29. The molecule has 0 unspecified atom stereocenters. The van der Waals surface area contributed by atoms with E-state index in [1.54, 1.807) is 0 Å². The quantitative estimate of drug-likeness (QED) is 0.712. The number of carboxylic acid groups (broad SMARTS) is 1. The van der Waals surface area contributed by atoms with Crippen LogP contribution in [0.5, 0.6) is 0 Å². The van der Waals surface area contributed by atoms with Crippen molar-refractivity contribution in [2.24, 2.45) is 11.8 Å². The van der Waals surface area contributed by atoms with E-state index in [4.69, 9.17) is 0 Å². The number of anilines is 1. The number of aliphatic carboxylic acids is 1. The van der Waals surface area contributed by atoms with E-state index in [-0.39, 0.29) is 24.3 Å². The SMILES string of the molecule is CC[NH+](CC)CC[C@H]1CN(C(=O)Nc2ccccc2)CC[C@H]1CC(=O)[O-]. The number of hydrogen-bond donors (Lipinski definition) is 2. The van der Waals surface area contributed by atoms with Crippen molar-refractivity contribution in [3.8, 4) is 0 Å². The number of urea groups is 1. The number of rotatable bonds is 8. The molecule has 1 aromatic rings. The molecule has 0 spiro atoms. The van der Waals surface area contributed by atoms with Crippen molar-refractivity contribution in [3.63, 3.8) is 0 Å². The molecule has 1 heterocycles. The summed E-state index contributed by atoms with van der Waals surface area (Å²) in [6.07, 6.45) is 1.74. The zero-order valence-electron chi connectivity index (χ0n) is 15.9. The molecule has 144 valence electrons. The molecule has 0 bridgehead atoms. The predicted molar refractivity (Wildman–Crippen MR) is 99.8 cm³/mol. The summed E-state index contributed by atoms with van der Waals surface area (Å²) in [5.74, 6) is -0.690. The first kappa shape index (κ1) is 20.2. The zero-order chi connectivity index (χ0) is 18.9. The standard InChI is InChI=1S/C20H31N3O3/c1-3-22(4-2)12-10-17-15-23(13-11-16(17)14-19(24)25)20(26)21-18-8-6-5-7-9-18/h5-9,16-17H,3-4,10-15H2,1-2H3,(H,21,26)(H,24,25)/t16-,17-/m0/s1. The molecule has 0 saturated carbocycles. The molecule has 0 radical (unpaired) electrons. The third-order valence-electron chi connectivity index (χ3n) is 5.50. The van der Waals surface area contributed by atoms with Gasteiger partial charge in [-0.3, -0.25) is 0 Å². The van der Waals surface area contributed by atoms with Crippen LogP contribution >= 0.6 is 0 Å². The maximum Gasteiger partial charge on any atom is 0.321 e. The van der Waals surface area contributed by atoms with Gasteiger partial charge in [0, 0.05) is 31.2 Å². The summed E-state index contributed by atoms with van der Waals surface area (Å²) in [4.78, 5) is 27.0. The van der Waals surface area contributed by atoms with Crippen LogP contribution in [0.3, 0.4) is 0 Å². The van der Waals surface area contributed by atoms with Crippen LogP contribution in [-0.2, 0) is 4.79 Å². The summed E-state index contributed by atoms with van der Waals surface area (Å²) in [5, 5.41) is 14.0. The second-order valence-electron chi connectivity index (χ2n) is 7.12. The molecule has 26 heavy (non-hydrogen) atoms. The van der Waals surface area contributed by atoms with E-state index >= 15 is 0 Å². The third kappa shape index (κ3) is 6.02.